The summed E-state index contributed by atoms with van der Waals surface area (Å²) in [5, 5.41) is 10.2. The first-order valence-corrected chi connectivity index (χ1v) is 15.4. The Morgan fingerprint density at radius 1 is 1.18 bits per heavy atom. The maximum Gasteiger partial charge on any atom is 0.335 e. The first-order chi connectivity index (χ1) is 21.7. The zero-order chi connectivity index (χ0) is 31.1. The third-order valence-corrected chi connectivity index (χ3v) is 9.01. The van der Waals surface area contributed by atoms with Crippen molar-refractivity contribution in [2.24, 2.45) is 5.41 Å². The van der Waals surface area contributed by atoms with E-state index in [1.807, 2.05) is 4.57 Å². The Labute approximate surface area is 261 Å². The number of nitrogens with zero attached hydrogens (tertiary/aromatic N) is 4. The van der Waals surface area contributed by atoms with Crippen LogP contribution in [-0.4, -0.2) is 43.3 Å². The highest BCUT2D eigenvalue weighted by atomic mass is 32.1. The smallest absolute Gasteiger partial charge is 0.335 e. The molecule has 1 unspecified atom stereocenters. The molecule has 2 aromatic carbocycles. The zero-order valence-corrected chi connectivity index (χ0v) is 25.2. The summed E-state index contributed by atoms with van der Waals surface area (Å²) >= 11 is 1.45. The average molecular weight is 627 g/mol. The van der Waals surface area contributed by atoms with Crippen molar-refractivity contribution in [2.45, 2.75) is 51.9 Å². The van der Waals surface area contributed by atoms with Gasteiger partial charge in [0.25, 0.3) is 0 Å². The number of rotatable bonds is 9. The second kappa shape index (κ2) is 11.7. The lowest BCUT2D eigenvalue weighted by Crippen LogP contribution is -2.31. The Morgan fingerprint density at radius 2 is 2.02 bits per heavy atom. The second-order valence-corrected chi connectivity index (χ2v) is 12.7. The van der Waals surface area contributed by atoms with Crippen LogP contribution in [0.15, 0.2) is 54.7 Å². The third kappa shape index (κ3) is 6.30. The normalized spacial score (nSPS) is 16.6. The molecule has 2 aliphatic rings. The monoisotopic (exact) mass is 626 g/mol. The van der Waals surface area contributed by atoms with Crippen LogP contribution in [-0.2, 0) is 24.3 Å². The topological polar surface area (TPSA) is 99.4 Å². The molecule has 1 atom stereocenters. The number of thiazole rings is 1. The molecule has 45 heavy (non-hydrogen) atoms. The fourth-order valence-electron chi connectivity index (χ4n) is 5.11. The molecule has 0 bridgehead atoms. The lowest BCUT2D eigenvalue weighted by molar-refractivity contribution is -0.0589. The van der Waals surface area contributed by atoms with Crippen LogP contribution < -0.4 is 4.74 Å². The van der Waals surface area contributed by atoms with Gasteiger partial charge >= 0.3 is 5.97 Å². The minimum absolute atomic E-state index is 0.00281. The zero-order valence-electron chi connectivity index (χ0n) is 24.3. The van der Waals surface area contributed by atoms with Crippen LogP contribution in [0.1, 0.15) is 57.8 Å². The van der Waals surface area contributed by atoms with E-state index in [9.17, 15) is 9.90 Å². The number of halogens is 2. The van der Waals surface area contributed by atoms with E-state index < -0.39 is 17.6 Å². The highest BCUT2D eigenvalue weighted by Crippen LogP contribution is 2.44. The molecule has 0 spiro atoms. The van der Waals surface area contributed by atoms with Gasteiger partial charge in [0, 0.05) is 30.1 Å². The second-order valence-electron chi connectivity index (χ2n) is 11.6. The van der Waals surface area contributed by atoms with Crippen LogP contribution in [0.2, 0.25) is 0 Å². The molecule has 7 rings (SSSR count). The minimum atomic E-state index is -1.06. The molecule has 8 nitrogen and oxygen atoms in total. The van der Waals surface area contributed by atoms with Crippen LogP contribution in [0.5, 0.6) is 5.88 Å². The predicted octanol–water partition coefficient (Wildman–Crippen LogP) is 6.64. The van der Waals surface area contributed by atoms with Gasteiger partial charge in [0.15, 0.2) is 0 Å². The van der Waals surface area contributed by atoms with E-state index in [0.29, 0.717) is 30.0 Å². The number of carbonyl (C=O) groups is 1. The van der Waals surface area contributed by atoms with Crippen molar-refractivity contribution >= 4 is 28.3 Å². The molecular formula is C34H28F2N4O4S. The van der Waals surface area contributed by atoms with E-state index >= 15 is 8.78 Å². The number of imidazole rings is 1. The van der Waals surface area contributed by atoms with Crippen LogP contribution in [0, 0.1) is 28.9 Å². The first-order valence-electron chi connectivity index (χ1n) is 14.6. The summed E-state index contributed by atoms with van der Waals surface area (Å²) in [5.74, 6) is 4.91. The first kappa shape index (κ1) is 29.1. The number of fused-ring (bicyclic) bond motifs is 1. The Bertz CT molecular complexity index is 2000. The number of hydrogen-bond acceptors (Lipinski definition) is 7. The fourth-order valence-corrected chi connectivity index (χ4v) is 5.79. The summed E-state index contributed by atoms with van der Waals surface area (Å²) in [4.78, 5) is 25.9. The Morgan fingerprint density at radius 3 is 2.78 bits per heavy atom. The number of pyridine rings is 1. The number of ether oxygens (including phenoxy) is 2. The molecule has 0 amide bonds. The number of aromatic carboxylic acids is 1. The van der Waals surface area contributed by atoms with Gasteiger partial charge in [-0.2, -0.15) is 0 Å². The maximum absolute atomic E-state index is 15.5. The van der Waals surface area contributed by atoms with Crippen LogP contribution in [0.4, 0.5) is 8.78 Å². The number of aromatic nitrogens is 4. The molecule has 1 aliphatic carbocycles. The van der Waals surface area contributed by atoms with E-state index in [1.165, 1.54) is 17.4 Å². The van der Waals surface area contributed by atoms with E-state index in [-0.39, 0.29) is 52.8 Å². The van der Waals surface area contributed by atoms with Crippen molar-refractivity contribution in [3.05, 3.63) is 93.2 Å². The SMILES string of the molecule is CC1(C#Cc2cnc(COc3cccc(-c4cc(F)c(Cc5nc6ccc(C(=O)O)cc6n5CC5CCO5)cc4F)n3)s2)CC1. The Balaban J connectivity index is 1.10. The van der Waals surface area contributed by atoms with Gasteiger partial charge in [-0.1, -0.05) is 17.9 Å². The molecule has 3 aromatic heterocycles. The largest absolute Gasteiger partial charge is 0.478 e. The summed E-state index contributed by atoms with van der Waals surface area (Å²) in [5.41, 5.74) is 1.78. The molecule has 0 radical (unpaired) electrons. The van der Waals surface area contributed by atoms with E-state index in [4.69, 9.17) is 9.47 Å². The maximum atomic E-state index is 15.5. The van der Waals surface area contributed by atoms with Crippen LogP contribution in [0.3, 0.4) is 0 Å². The van der Waals surface area contributed by atoms with Gasteiger partial charge in [-0.3, -0.25) is 0 Å². The molecule has 1 saturated carbocycles. The van der Waals surface area contributed by atoms with E-state index in [1.54, 1.807) is 36.5 Å². The van der Waals surface area contributed by atoms with E-state index in [0.717, 1.165) is 41.3 Å². The molecule has 1 N–H and O–H groups in total. The van der Waals surface area contributed by atoms with Crippen molar-refractivity contribution < 1.29 is 28.2 Å². The molecule has 4 heterocycles. The van der Waals surface area contributed by atoms with Gasteiger partial charge in [0.2, 0.25) is 5.88 Å². The summed E-state index contributed by atoms with van der Waals surface area (Å²) in [7, 11) is 0. The Hall–Kier alpha value is -4.66. The number of carboxylic acids is 1. The molecule has 1 saturated heterocycles. The van der Waals surface area contributed by atoms with Gasteiger partial charge < -0.3 is 19.1 Å². The lowest BCUT2D eigenvalue weighted by Gasteiger charge is -2.27. The van der Waals surface area contributed by atoms with Crippen molar-refractivity contribution in [1.82, 2.24) is 19.5 Å². The Kier molecular flexibility index (Phi) is 7.55. The van der Waals surface area contributed by atoms with Crippen molar-refractivity contribution in [3.63, 3.8) is 0 Å². The lowest BCUT2D eigenvalue weighted by atomic mass is 10.0. The molecule has 5 aromatic rings. The highest BCUT2D eigenvalue weighted by Gasteiger charge is 2.35. The van der Waals surface area contributed by atoms with Crippen molar-refractivity contribution in [3.8, 4) is 29.0 Å². The standard InChI is InChI=1S/C34H28F2N4O4S/c1-34(10-11-34)9-7-23-17-37-32(45-23)19-44-31-4-2-3-27(39-31)24-16-25(35)21(13-26(24)36)15-30-38-28-6-5-20(33(41)42)14-29(28)40(30)18-22-8-12-43-22/h2-6,13-14,16-17,22H,8,10-12,15,18-19H2,1H3,(H,41,42). The van der Waals surface area contributed by atoms with Crippen LogP contribution in [0.25, 0.3) is 22.3 Å². The summed E-state index contributed by atoms with van der Waals surface area (Å²) in [6, 6.07) is 11.9. The third-order valence-electron chi connectivity index (χ3n) is 8.12. The quantitative estimate of drug-likeness (QED) is 0.183. The van der Waals surface area contributed by atoms with Gasteiger partial charge in [-0.25, -0.2) is 28.5 Å². The average Bonchev–Trinajstić information content (AvgIpc) is 3.41. The van der Waals surface area contributed by atoms with Gasteiger partial charge in [-0.15, -0.1) is 11.3 Å². The molecule has 11 heteroatoms. The molecule has 2 fully saturated rings. The molecule has 1 aliphatic heterocycles. The number of benzene rings is 2. The summed E-state index contributed by atoms with van der Waals surface area (Å²) in [6.45, 7) is 3.41. The van der Waals surface area contributed by atoms with Crippen molar-refractivity contribution in [2.75, 3.05) is 6.61 Å². The van der Waals surface area contributed by atoms with E-state index in [2.05, 4.69) is 33.7 Å². The molecule has 228 valence electrons. The van der Waals surface area contributed by atoms with Gasteiger partial charge in [0.05, 0.1) is 46.0 Å². The minimum Gasteiger partial charge on any atom is -0.478 e. The molecular weight excluding hydrogens is 598 g/mol. The number of hydrogen-bond donors (Lipinski definition) is 1. The fraction of sp³-hybridized carbons (Fsp3) is 0.294. The van der Waals surface area contributed by atoms with Crippen LogP contribution >= 0.6 is 11.3 Å². The van der Waals surface area contributed by atoms with Crippen molar-refractivity contribution in [1.29, 1.82) is 0 Å². The summed E-state index contributed by atoms with van der Waals surface area (Å²) in [6.07, 6.45) is 4.78. The predicted molar refractivity (Wildman–Crippen MR) is 164 cm³/mol. The summed E-state index contributed by atoms with van der Waals surface area (Å²) < 4.78 is 44.3. The number of carboxylic acid groups (broad SMARTS) is 1. The van der Waals surface area contributed by atoms with Gasteiger partial charge in [-0.05, 0) is 68.1 Å². The highest BCUT2D eigenvalue weighted by molar-refractivity contribution is 7.12. The van der Waals surface area contributed by atoms with Gasteiger partial charge in [0.1, 0.15) is 29.1 Å².